The number of methoxy groups -OCH3 is 1. The summed E-state index contributed by atoms with van der Waals surface area (Å²) in [6, 6.07) is 8.14. The smallest absolute Gasteiger partial charge is 0.234 e. The third-order valence-corrected chi connectivity index (χ3v) is 5.93. The Bertz CT molecular complexity index is 447. The molecule has 1 N–H and O–H groups in total. The lowest BCUT2D eigenvalue weighted by atomic mass is 10.1. The molecule has 1 saturated heterocycles. The number of rotatable bonds is 5. The lowest BCUT2D eigenvalue weighted by molar-refractivity contribution is -0.120. The Morgan fingerprint density at radius 2 is 2.35 bits per heavy atom. The van der Waals surface area contributed by atoms with Crippen LogP contribution in [0.1, 0.15) is 12.5 Å². The zero-order valence-electron chi connectivity index (χ0n) is 11.9. The Balaban J connectivity index is 1.84. The molecule has 1 aliphatic heterocycles. The SMILES string of the molecule is COc1cccc(CC(C)NC(=O)C2CSCCS2)c1. The number of carbonyl (C=O) groups excluding carboxylic acids is 1. The number of nitrogens with one attached hydrogen (secondary N) is 1. The van der Waals surface area contributed by atoms with Crippen molar-refractivity contribution in [3.05, 3.63) is 29.8 Å². The van der Waals surface area contributed by atoms with Gasteiger partial charge in [-0.1, -0.05) is 12.1 Å². The highest BCUT2D eigenvalue weighted by atomic mass is 32.2. The Kier molecular flexibility index (Phi) is 6.10. The Hall–Kier alpha value is -0.810. The Morgan fingerprint density at radius 1 is 1.50 bits per heavy atom. The number of amides is 1. The van der Waals surface area contributed by atoms with Gasteiger partial charge in [-0.2, -0.15) is 11.8 Å². The van der Waals surface area contributed by atoms with Gasteiger partial charge in [0.1, 0.15) is 5.75 Å². The maximum absolute atomic E-state index is 12.2. The van der Waals surface area contributed by atoms with E-state index in [1.165, 1.54) is 5.56 Å². The van der Waals surface area contributed by atoms with Gasteiger partial charge in [0.15, 0.2) is 0 Å². The van der Waals surface area contributed by atoms with E-state index >= 15 is 0 Å². The van der Waals surface area contributed by atoms with E-state index in [1.807, 2.05) is 30.0 Å². The minimum Gasteiger partial charge on any atom is -0.497 e. The Morgan fingerprint density at radius 3 is 3.05 bits per heavy atom. The number of benzene rings is 1. The molecule has 2 unspecified atom stereocenters. The van der Waals surface area contributed by atoms with Crippen LogP contribution in [0.3, 0.4) is 0 Å². The minimum absolute atomic E-state index is 0.113. The fraction of sp³-hybridized carbons (Fsp3) is 0.533. The molecule has 3 nitrogen and oxygen atoms in total. The van der Waals surface area contributed by atoms with Gasteiger partial charge in [-0.05, 0) is 31.0 Å². The van der Waals surface area contributed by atoms with Gasteiger partial charge >= 0.3 is 0 Å². The predicted octanol–water partition coefficient (Wildman–Crippen LogP) is 2.59. The maximum atomic E-state index is 12.2. The molecular weight excluding hydrogens is 290 g/mol. The number of thioether (sulfide) groups is 2. The van der Waals surface area contributed by atoms with Gasteiger partial charge in [0, 0.05) is 23.3 Å². The quantitative estimate of drug-likeness (QED) is 0.907. The van der Waals surface area contributed by atoms with E-state index < -0.39 is 0 Å². The van der Waals surface area contributed by atoms with E-state index in [2.05, 4.69) is 18.3 Å². The Labute approximate surface area is 129 Å². The summed E-state index contributed by atoms with van der Waals surface area (Å²) < 4.78 is 5.22. The monoisotopic (exact) mass is 311 g/mol. The summed E-state index contributed by atoms with van der Waals surface area (Å²) in [6.45, 7) is 2.05. The fourth-order valence-corrected chi connectivity index (χ4v) is 4.74. The summed E-state index contributed by atoms with van der Waals surface area (Å²) in [4.78, 5) is 12.2. The van der Waals surface area contributed by atoms with E-state index in [4.69, 9.17) is 4.74 Å². The van der Waals surface area contributed by atoms with Gasteiger partial charge in [-0.25, -0.2) is 0 Å². The topological polar surface area (TPSA) is 38.3 Å². The molecule has 1 heterocycles. The van der Waals surface area contributed by atoms with Gasteiger partial charge < -0.3 is 10.1 Å². The zero-order chi connectivity index (χ0) is 14.4. The van der Waals surface area contributed by atoms with Crippen LogP contribution in [0.15, 0.2) is 24.3 Å². The van der Waals surface area contributed by atoms with E-state index in [0.717, 1.165) is 29.4 Å². The second-order valence-electron chi connectivity index (χ2n) is 4.90. The predicted molar refractivity (Wildman–Crippen MR) is 87.9 cm³/mol. The second-order valence-corrected chi connectivity index (χ2v) is 7.36. The van der Waals surface area contributed by atoms with Crippen molar-refractivity contribution in [2.24, 2.45) is 0 Å². The molecule has 1 aromatic carbocycles. The largest absolute Gasteiger partial charge is 0.497 e. The van der Waals surface area contributed by atoms with Crippen molar-refractivity contribution in [2.45, 2.75) is 24.6 Å². The molecule has 1 amide bonds. The summed E-state index contributed by atoms with van der Waals surface area (Å²) in [6.07, 6.45) is 0.827. The number of ether oxygens (including phenoxy) is 1. The van der Waals surface area contributed by atoms with Crippen molar-refractivity contribution in [3.63, 3.8) is 0 Å². The molecule has 2 atom stereocenters. The number of hydrogen-bond donors (Lipinski definition) is 1. The highest BCUT2D eigenvalue weighted by molar-refractivity contribution is 8.07. The lowest BCUT2D eigenvalue weighted by Crippen LogP contribution is -2.41. The standard InChI is InChI=1S/C15H21NO2S2/c1-11(8-12-4-3-5-13(9-12)18-2)16-15(17)14-10-19-6-7-20-14/h3-5,9,11,14H,6-8,10H2,1-2H3,(H,16,17). The first-order valence-corrected chi connectivity index (χ1v) is 9.02. The first-order valence-electron chi connectivity index (χ1n) is 6.81. The summed E-state index contributed by atoms with van der Waals surface area (Å²) in [5.41, 5.74) is 1.18. The molecule has 1 fully saturated rings. The van der Waals surface area contributed by atoms with Crippen molar-refractivity contribution in [1.82, 2.24) is 5.32 Å². The normalized spacial score (nSPS) is 20.2. The van der Waals surface area contributed by atoms with E-state index in [-0.39, 0.29) is 17.2 Å². The van der Waals surface area contributed by atoms with E-state index in [1.54, 1.807) is 18.9 Å². The third kappa shape index (κ3) is 4.63. The minimum atomic E-state index is 0.113. The molecule has 0 spiro atoms. The van der Waals surface area contributed by atoms with Crippen molar-refractivity contribution in [3.8, 4) is 5.75 Å². The van der Waals surface area contributed by atoms with E-state index in [0.29, 0.717) is 0 Å². The molecule has 110 valence electrons. The summed E-state index contributed by atoms with van der Waals surface area (Å²) in [5.74, 6) is 4.21. The average Bonchev–Trinajstić information content (AvgIpc) is 2.48. The van der Waals surface area contributed by atoms with Gasteiger partial charge in [0.25, 0.3) is 0 Å². The highest BCUT2D eigenvalue weighted by Crippen LogP contribution is 2.24. The number of carbonyl (C=O) groups is 1. The number of hydrogen-bond acceptors (Lipinski definition) is 4. The van der Waals surface area contributed by atoms with Gasteiger partial charge in [-0.15, -0.1) is 11.8 Å². The molecule has 0 bridgehead atoms. The molecule has 5 heteroatoms. The van der Waals surface area contributed by atoms with Gasteiger partial charge in [0.2, 0.25) is 5.91 Å². The van der Waals surface area contributed by atoms with Crippen LogP contribution in [0.2, 0.25) is 0 Å². The van der Waals surface area contributed by atoms with Crippen LogP contribution in [0.5, 0.6) is 5.75 Å². The molecule has 0 saturated carbocycles. The van der Waals surface area contributed by atoms with Crippen LogP contribution in [0.25, 0.3) is 0 Å². The first kappa shape index (κ1) is 15.6. The van der Waals surface area contributed by atoms with Crippen LogP contribution in [0.4, 0.5) is 0 Å². The highest BCUT2D eigenvalue weighted by Gasteiger charge is 2.23. The maximum Gasteiger partial charge on any atom is 0.234 e. The van der Waals surface area contributed by atoms with Crippen LogP contribution in [0, 0.1) is 0 Å². The van der Waals surface area contributed by atoms with Crippen LogP contribution < -0.4 is 10.1 Å². The lowest BCUT2D eigenvalue weighted by Gasteiger charge is -2.22. The third-order valence-electron chi connectivity index (χ3n) is 3.17. The van der Waals surface area contributed by atoms with Crippen molar-refractivity contribution >= 4 is 29.4 Å². The van der Waals surface area contributed by atoms with Crippen molar-refractivity contribution in [2.75, 3.05) is 24.4 Å². The molecule has 1 aliphatic rings. The zero-order valence-corrected chi connectivity index (χ0v) is 13.6. The van der Waals surface area contributed by atoms with Crippen LogP contribution in [-0.2, 0) is 11.2 Å². The second kappa shape index (κ2) is 7.84. The van der Waals surface area contributed by atoms with Gasteiger partial charge in [0.05, 0.1) is 12.4 Å². The summed E-state index contributed by atoms with van der Waals surface area (Å²) >= 11 is 3.64. The van der Waals surface area contributed by atoms with Crippen LogP contribution in [-0.4, -0.2) is 41.6 Å². The first-order chi connectivity index (χ1) is 9.69. The molecule has 20 heavy (non-hydrogen) atoms. The average molecular weight is 311 g/mol. The molecule has 1 aromatic rings. The van der Waals surface area contributed by atoms with Crippen LogP contribution >= 0.6 is 23.5 Å². The molecule has 2 rings (SSSR count). The van der Waals surface area contributed by atoms with Gasteiger partial charge in [-0.3, -0.25) is 4.79 Å². The molecule has 0 aliphatic carbocycles. The molecule has 0 aromatic heterocycles. The summed E-state index contributed by atoms with van der Waals surface area (Å²) in [7, 11) is 1.67. The van der Waals surface area contributed by atoms with E-state index in [9.17, 15) is 4.79 Å². The van der Waals surface area contributed by atoms with Crippen molar-refractivity contribution < 1.29 is 9.53 Å². The van der Waals surface area contributed by atoms with Crippen molar-refractivity contribution in [1.29, 1.82) is 0 Å². The summed E-state index contributed by atoms with van der Waals surface area (Å²) in [5, 5.41) is 3.23. The molecular formula is C15H21NO2S2. The molecule has 0 radical (unpaired) electrons. The fourth-order valence-electron chi connectivity index (χ4n) is 2.18.